The van der Waals surface area contributed by atoms with E-state index in [4.69, 9.17) is 4.74 Å². The van der Waals surface area contributed by atoms with Gasteiger partial charge in [0.2, 0.25) is 10.0 Å². The molecule has 1 aliphatic heterocycles. The largest absolute Gasteiger partial charge is 0.376 e. The van der Waals surface area contributed by atoms with E-state index in [2.05, 4.69) is 15.4 Å². The summed E-state index contributed by atoms with van der Waals surface area (Å²) >= 11 is 0. The van der Waals surface area contributed by atoms with E-state index in [1.165, 1.54) is 6.07 Å². The fraction of sp³-hybridized carbons (Fsp3) is 0.533. The molecule has 1 heterocycles. The third-order valence-electron chi connectivity index (χ3n) is 4.43. The van der Waals surface area contributed by atoms with Crippen molar-refractivity contribution in [1.29, 1.82) is 0 Å². The fourth-order valence-corrected chi connectivity index (χ4v) is 4.09. The van der Waals surface area contributed by atoms with Crippen molar-refractivity contribution in [1.82, 2.24) is 15.4 Å². The van der Waals surface area contributed by atoms with Gasteiger partial charge in [0.25, 0.3) is 0 Å². The summed E-state index contributed by atoms with van der Waals surface area (Å²) in [5.74, 6) is -0.300. The number of fused-ring (bicyclic) bond motifs is 1. The van der Waals surface area contributed by atoms with Gasteiger partial charge in [-0.25, -0.2) is 22.3 Å². The highest BCUT2D eigenvalue weighted by Crippen LogP contribution is 2.39. The maximum atomic E-state index is 13.5. The van der Waals surface area contributed by atoms with E-state index in [9.17, 15) is 17.6 Å². The van der Waals surface area contributed by atoms with Crippen LogP contribution in [-0.2, 0) is 21.3 Å². The van der Waals surface area contributed by atoms with Crippen molar-refractivity contribution < 1.29 is 22.3 Å². The maximum Gasteiger partial charge on any atom is 0.315 e. The molecule has 3 N–H and O–H groups in total. The molecule has 9 heteroatoms. The zero-order valence-corrected chi connectivity index (χ0v) is 14.0. The summed E-state index contributed by atoms with van der Waals surface area (Å²) in [6.45, 7) is 0.603. The molecule has 0 bridgehead atoms. The van der Waals surface area contributed by atoms with Crippen LogP contribution in [0.25, 0.3) is 0 Å². The first-order valence-electron chi connectivity index (χ1n) is 7.72. The molecule has 24 heavy (non-hydrogen) atoms. The lowest BCUT2D eigenvalue weighted by Gasteiger charge is -2.47. The van der Waals surface area contributed by atoms with Crippen molar-refractivity contribution in [2.24, 2.45) is 5.92 Å². The van der Waals surface area contributed by atoms with E-state index in [0.29, 0.717) is 12.2 Å². The van der Waals surface area contributed by atoms with E-state index in [1.807, 2.05) is 0 Å². The van der Waals surface area contributed by atoms with E-state index in [1.54, 1.807) is 18.2 Å². The molecular formula is C15H20FN3O4S. The zero-order valence-electron chi connectivity index (χ0n) is 13.2. The first-order valence-corrected chi connectivity index (χ1v) is 9.61. The quantitative estimate of drug-likeness (QED) is 0.708. The number of ether oxygens (including phenoxy) is 1. The summed E-state index contributed by atoms with van der Waals surface area (Å²) in [5, 5.41) is 5.36. The van der Waals surface area contributed by atoms with Crippen molar-refractivity contribution >= 4 is 16.1 Å². The number of hydrogen-bond acceptors (Lipinski definition) is 4. The van der Waals surface area contributed by atoms with Gasteiger partial charge in [0.15, 0.2) is 0 Å². The standard InChI is InChI=1S/C15H20FN3O4S/c1-24(21,22)19-13-12(10-6-7-23-14(10)13)18-15(20)17-8-9-4-2-3-5-11(9)16/h2-5,10,12-14,19H,6-8H2,1H3,(H2,17,18,20)/t10-,12+,13-,14-/m1/s1. The number of hydrogen-bond donors (Lipinski definition) is 3. The Morgan fingerprint density at radius 1 is 1.33 bits per heavy atom. The Bertz CT molecular complexity index is 727. The molecule has 0 unspecified atom stereocenters. The summed E-state index contributed by atoms with van der Waals surface area (Å²) in [4.78, 5) is 12.1. The molecule has 2 aliphatic rings. The molecule has 1 aromatic rings. The number of rotatable bonds is 5. The summed E-state index contributed by atoms with van der Waals surface area (Å²) < 4.78 is 44.5. The highest BCUT2D eigenvalue weighted by molar-refractivity contribution is 7.88. The second kappa shape index (κ2) is 6.66. The number of amides is 2. The lowest BCUT2D eigenvalue weighted by molar-refractivity contribution is -0.0175. The van der Waals surface area contributed by atoms with Gasteiger partial charge in [-0.15, -0.1) is 0 Å². The summed E-state index contributed by atoms with van der Waals surface area (Å²) in [7, 11) is -3.40. The number of carbonyl (C=O) groups excluding carboxylic acids is 1. The Labute approximate surface area is 140 Å². The van der Waals surface area contributed by atoms with Gasteiger partial charge >= 0.3 is 6.03 Å². The van der Waals surface area contributed by atoms with Gasteiger partial charge in [-0.05, 0) is 12.5 Å². The molecule has 1 aromatic carbocycles. The van der Waals surface area contributed by atoms with Crippen molar-refractivity contribution in [2.75, 3.05) is 12.9 Å². The Balaban J connectivity index is 1.57. The van der Waals surface area contributed by atoms with Gasteiger partial charge in [0, 0.05) is 24.6 Å². The number of sulfonamides is 1. The van der Waals surface area contributed by atoms with Crippen LogP contribution < -0.4 is 15.4 Å². The van der Waals surface area contributed by atoms with Gasteiger partial charge in [-0.3, -0.25) is 0 Å². The highest BCUT2D eigenvalue weighted by Gasteiger charge is 2.55. The lowest BCUT2D eigenvalue weighted by Crippen LogP contribution is -2.71. The first-order chi connectivity index (χ1) is 11.3. The molecule has 3 rings (SSSR count). The minimum Gasteiger partial charge on any atom is -0.376 e. The number of urea groups is 1. The summed E-state index contributed by atoms with van der Waals surface area (Å²) in [5.41, 5.74) is 0.383. The van der Waals surface area contributed by atoms with Crippen LogP contribution in [0.4, 0.5) is 9.18 Å². The van der Waals surface area contributed by atoms with E-state index in [0.717, 1.165) is 12.7 Å². The SMILES string of the molecule is CS(=O)(=O)N[C@@H]1[C@@H](NC(=O)NCc2ccccc2F)[C@H]2CCO[C@H]21. The zero-order chi connectivity index (χ0) is 17.3. The van der Waals surface area contributed by atoms with Crippen molar-refractivity contribution in [3.05, 3.63) is 35.6 Å². The van der Waals surface area contributed by atoms with Crippen LogP contribution in [0.2, 0.25) is 0 Å². The average molecular weight is 357 g/mol. The topological polar surface area (TPSA) is 96.5 Å². The van der Waals surface area contributed by atoms with Gasteiger partial charge in [-0.1, -0.05) is 18.2 Å². The third kappa shape index (κ3) is 3.68. The van der Waals surface area contributed by atoms with Crippen LogP contribution in [0.15, 0.2) is 24.3 Å². The van der Waals surface area contributed by atoms with Gasteiger partial charge in [0.1, 0.15) is 5.82 Å². The van der Waals surface area contributed by atoms with Crippen molar-refractivity contribution in [3.63, 3.8) is 0 Å². The average Bonchev–Trinajstić information content (AvgIpc) is 2.94. The summed E-state index contributed by atoms with van der Waals surface area (Å²) in [6.07, 6.45) is 1.63. The molecule has 1 aliphatic carbocycles. The molecule has 132 valence electrons. The molecule has 0 aromatic heterocycles. The molecule has 2 fully saturated rings. The minimum atomic E-state index is -3.40. The van der Waals surface area contributed by atoms with Gasteiger partial charge in [0.05, 0.1) is 24.4 Å². The van der Waals surface area contributed by atoms with Crippen LogP contribution in [0.1, 0.15) is 12.0 Å². The highest BCUT2D eigenvalue weighted by atomic mass is 32.2. The predicted molar refractivity (Wildman–Crippen MR) is 85.2 cm³/mol. The molecular weight excluding hydrogens is 337 g/mol. The minimum absolute atomic E-state index is 0.0555. The molecule has 7 nitrogen and oxygen atoms in total. The van der Waals surface area contributed by atoms with E-state index >= 15 is 0 Å². The Morgan fingerprint density at radius 3 is 2.79 bits per heavy atom. The molecule has 1 saturated carbocycles. The van der Waals surface area contributed by atoms with Crippen LogP contribution in [0.3, 0.4) is 0 Å². The van der Waals surface area contributed by atoms with Crippen molar-refractivity contribution in [2.45, 2.75) is 31.2 Å². The lowest BCUT2D eigenvalue weighted by atomic mass is 9.72. The van der Waals surface area contributed by atoms with Crippen LogP contribution in [-0.4, -0.2) is 45.5 Å². The maximum absolute atomic E-state index is 13.5. The first kappa shape index (κ1) is 17.1. The molecule has 2 amide bonds. The smallest absolute Gasteiger partial charge is 0.315 e. The van der Waals surface area contributed by atoms with E-state index < -0.39 is 22.1 Å². The molecule has 0 radical (unpaired) electrons. The monoisotopic (exact) mass is 357 g/mol. The normalized spacial score (nSPS) is 28.8. The third-order valence-corrected chi connectivity index (χ3v) is 5.13. The van der Waals surface area contributed by atoms with Gasteiger partial charge < -0.3 is 15.4 Å². The molecule has 4 atom stereocenters. The number of carbonyl (C=O) groups is 1. The van der Waals surface area contributed by atoms with Gasteiger partial charge in [-0.2, -0.15) is 0 Å². The second-order valence-electron chi connectivity index (χ2n) is 6.15. The van der Waals surface area contributed by atoms with E-state index in [-0.39, 0.29) is 30.4 Å². The van der Waals surface area contributed by atoms with Crippen LogP contribution in [0.5, 0.6) is 0 Å². The van der Waals surface area contributed by atoms with Crippen LogP contribution >= 0.6 is 0 Å². The Hall–Kier alpha value is -1.71. The summed E-state index contributed by atoms with van der Waals surface area (Å²) in [6, 6.07) is 4.90. The van der Waals surface area contributed by atoms with Crippen LogP contribution in [0, 0.1) is 11.7 Å². The van der Waals surface area contributed by atoms with Crippen molar-refractivity contribution in [3.8, 4) is 0 Å². The fourth-order valence-electron chi connectivity index (χ4n) is 3.31. The Morgan fingerprint density at radius 2 is 2.08 bits per heavy atom. The molecule has 1 saturated heterocycles. The number of nitrogens with one attached hydrogen (secondary N) is 3. The number of benzene rings is 1. The predicted octanol–water partition coefficient (Wildman–Crippen LogP) is 0.330. The number of halogens is 1. The molecule has 0 spiro atoms. The Kier molecular flexibility index (Phi) is 4.75. The second-order valence-corrected chi connectivity index (χ2v) is 7.93.